The predicted octanol–water partition coefficient (Wildman–Crippen LogP) is 5.34. The van der Waals surface area contributed by atoms with Crippen molar-refractivity contribution in [1.29, 1.82) is 0 Å². The Morgan fingerprint density at radius 1 is 1.16 bits per heavy atom. The molecule has 1 aliphatic carbocycles. The van der Waals surface area contributed by atoms with E-state index in [1.807, 2.05) is 6.07 Å². The quantitative estimate of drug-likeness (QED) is 0.587. The summed E-state index contributed by atoms with van der Waals surface area (Å²) in [5.74, 6) is 0.992. The molecule has 0 N–H and O–H groups in total. The molecule has 19 heavy (non-hydrogen) atoms. The van der Waals surface area contributed by atoms with Gasteiger partial charge < -0.3 is 4.74 Å². The normalized spacial score (nSPS) is 31.0. The maximum absolute atomic E-state index is 6.20. The molecular formula is C16H16Br2O. The van der Waals surface area contributed by atoms with Gasteiger partial charge in [-0.05, 0) is 30.4 Å². The van der Waals surface area contributed by atoms with E-state index < -0.39 is 0 Å². The first-order valence-electron chi connectivity index (χ1n) is 6.38. The molecule has 2 aliphatic rings. The number of halogens is 2. The monoisotopic (exact) mass is 382 g/mol. The average Bonchev–Trinajstić information content (AvgIpc) is 2.33. The fourth-order valence-corrected chi connectivity index (χ4v) is 4.00. The fraction of sp³-hybridized carbons (Fsp3) is 0.375. The standard InChI is InChI=1S/C16H16Br2O/c1-15(2)12-8-10(17)4-6-13(12)19-14-7-5-11(18)9-16(14,15)3/h4-9,14H,1-3H3. The minimum absolute atomic E-state index is 0.00118. The van der Waals surface area contributed by atoms with E-state index in [1.165, 1.54) is 5.56 Å². The lowest BCUT2D eigenvalue weighted by Gasteiger charge is -2.52. The molecule has 0 amide bonds. The van der Waals surface area contributed by atoms with Crippen LogP contribution in [0.5, 0.6) is 5.75 Å². The van der Waals surface area contributed by atoms with E-state index in [9.17, 15) is 0 Å². The molecule has 1 heterocycles. The summed E-state index contributed by atoms with van der Waals surface area (Å²) in [6, 6.07) is 6.27. The molecule has 2 atom stereocenters. The average molecular weight is 384 g/mol. The summed E-state index contributed by atoms with van der Waals surface area (Å²) >= 11 is 7.17. The molecule has 0 radical (unpaired) electrons. The molecule has 1 aromatic rings. The van der Waals surface area contributed by atoms with E-state index in [2.05, 4.69) is 83.0 Å². The van der Waals surface area contributed by atoms with E-state index in [0.717, 1.165) is 14.7 Å². The molecule has 0 aromatic heterocycles. The van der Waals surface area contributed by atoms with Crippen molar-refractivity contribution in [2.75, 3.05) is 0 Å². The number of hydrogen-bond donors (Lipinski definition) is 0. The minimum Gasteiger partial charge on any atom is -0.485 e. The van der Waals surface area contributed by atoms with E-state index >= 15 is 0 Å². The van der Waals surface area contributed by atoms with Crippen LogP contribution >= 0.6 is 31.9 Å². The maximum Gasteiger partial charge on any atom is 0.127 e. The summed E-state index contributed by atoms with van der Waals surface area (Å²) in [7, 11) is 0. The Balaban J connectivity index is 2.23. The zero-order valence-corrected chi connectivity index (χ0v) is 14.4. The van der Waals surface area contributed by atoms with Crippen LogP contribution in [0.1, 0.15) is 26.3 Å². The van der Waals surface area contributed by atoms with Gasteiger partial charge in [-0.15, -0.1) is 0 Å². The second-order valence-electron chi connectivity index (χ2n) is 5.97. The maximum atomic E-state index is 6.20. The zero-order chi connectivity index (χ0) is 13.8. The van der Waals surface area contributed by atoms with Crippen molar-refractivity contribution >= 4 is 31.9 Å². The zero-order valence-electron chi connectivity index (χ0n) is 11.2. The first-order valence-corrected chi connectivity index (χ1v) is 7.96. The van der Waals surface area contributed by atoms with Crippen LogP contribution in [-0.4, -0.2) is 6.10 Å². The van der Waals surface area contributed by atoms with Crippen molar-refractivity contribution in [3.8, 4) is 5.75 Å². The first-order chi connectivity index (χ1) is 8.84. The lowest BCUT2D eigenvalue weighted by Crippen LogP contribution is -2.52. The summed E-state index contributed by atoms with van der Waals surface area (Å²) in [6.45, 7) is 6.86. The van der Waals surface area contributed by atoms with E-state index in [1.54, 1.807) is 0 Å². The van der Waals surface area contributed by atoms with Gasteiger partial charge in [-0.3, -0.25) is 0 Å². The Bertz CT molecular complexity index is 601. The number of rotatable bonds is 0. The molecule has 0 spiro atoms. The van der Waals surface area contributed by atoms with Gasteiger partial charge in [0.1, 0.15) is 11.9 Å². The Morgan fingerprint density at radius 2 is 1.89 bits per heavy atom. The van der Waals surface area contributed by atoms with Crippen molar-refractivity contribution in [3.05, 3.63) is 50.9 Å². The number of benzene rings is 1. The predicted molar refractivity (Wildman–Crippen MR) is 85.8 cm³/mol. The van der Waals surface area contributed by atoms with Gasteiger partial charge >= 0.3 is 0 Å². The Labute approximate surface area is 131 Å². The molecule has 0 saturated heterocycles. The molecule has 0 saturated carbocycles. The lowest BCUT2D eigenvalue weighted by atomic mass is 9.58. The summed E-state index contributed by atoms with van der Waals surface area (Å²) in [5.41, 5.74) is 1.19. The van der Waals surface area contributed by atoms with Crippen LogP contribution in [0.25, 0.3) is 0 Å². The van der Waals surface area contributed by atoms with Crippen LogP contribution < -0.4 is 4.74 Å². The highest BCUT2D eigenvalue weighted by Gasteiger charge is 2.52. The molecule has 3 heteroatoms. The third kappa shape index (κ3) is 1.85. The van der Waals surface area contributed by atoms with Crippen LogP contribution in [0.3, 0.4) is 0 Å². The Kier molecular flexibility index (Phi) is 2.99. The highest BCUT2D eigenvalue weighted by Crippen LogP contribution is 2.55. The summed E-state index contributed by atoms with van der Waals surface area (Å²) in [5, 5.41) is 0. The number of hydrogen-bond acceptors (Lipinski definition) is 1. The van der Waals surface area contributed by atoms with Crippen LogP contribution in [0, 0.1) is 5.41 Å². The summed E-state index contributed by atoms with van der Waals surface area (Å²) in [6.07, 6.45) is 6.59. The third-order valence-electron chi connectivity index (χ3n) is 4.67. The highest BCUT2D eigenvalue weighted by atomic mass is 79.9. The topological polar surface area (TPSA) is 9.23 Å². The second-order valence-corrected chi connectivity index (χ2v) is 7.81. The number of ether oxygens (including phenoxy) is 1. The van der Waals surface area contributed by atoms with Crippen molar-refractivity contribution < 1.29 is 4.74 Å². The molecular weight excluding hydrogens is 368 g/mol. The largest absolute Gasteiger partial charge is 0.485 e. The summed E-state index contributed by atoms with van der Waals surface area (Å²) in [4.78, 5) is 0. The van der Waals surface area contributed by atoms with Gasteiger partial charge in [0.05, 0.1) is 0 Å². The molecule has 2 unspecified atom stereocenters. The smallest absolute Gasteiger partial charge is 0.127 e. The summed E-state index contributed by atoms with van der Waals surface area (Å²) < 4.78 is 8.43. The number of fused-ring (bicyclic) bond motifs is 2. The van der Waals surface area contributed by atoms with E-state index in [-0.39, 0.29) is 16.9 Å². The van der Waals surface area contributed by atoms with Gasteiger partial charge in [0, 0.05) is 25.3 Å². The van der Waals surface area contributed by atoms with Crippen LogP contribution in [0.15, 0.2) is 45.4 Å². The van der Waals surface area contributed by atoms with Crippen molar-refractivity contribution in [2.45, 2.75) is 32.3 Å². The van der Waals surface area contributed by atoms with Gasteiger partial charge in [-0.2, -0.15) is 0 Å². The number of allylic oxidation sites excluding steroid dienone is 2. The second kappa shape index (κ2) is 4.23. The van der Waals surface area contributed by atoms with Crippen LogP contribution in [0.4, 0.5) is 0 Å². The van der Waals surface area contributed by atoms with Crippen molar-refractivity contribution in [2.24, 2.45) is 5.41 Å². The molecule has 0 fully saturated rings. The van der Waals surface area contributed by atoms with Crippen molar-refractivity contribution in [1.82, 2.24) is 0 Å². The first kappa shape index (κ1) is 13.4. The van der Waals surface area contributed by atoms with E-state index in [4.69, 9.17) is 4.74 Å². The molecule has 0 bridgehead atoms. The molecule has 1 nitrogen and oxygen atoms in total. The van der Waals surface area contributed by atoms with Gasteiger partial charge in [-0.25, -0.2) is 0 Å². The van der Waals surface area contributed by atoms with Gasteiger partial charge in [0.2, 0.25) is 0 Å². The molecule has 1 aromatic carbocycles. The SMILES string of the molecule is CC1(C)c2cc(Br)ccc2OC2C=CC(Br)=CC21C. The third-order valence-corrected chi connectivity index (χ3v) is 5.66. The highest BCUT2D eigenvalue weighted by molar-refractivity contribution is 9.12. The Hall–Kier alpha value is -0.540. The molecule has 100 valence electrons. The van der Waals surface area contributed by atoms with Crippen molar-refractivity contribution in [3.63, 3.8) is 0 Å². The van der Waals surface area contributed by atoms with Gasteiger partial charge in [0.15, 0.2) is 0 Å². The fourth-order valence-electron chi connectivity index (χ4n) is 3.01. The minimum atomic E-state index is -0.0611. The lowest BCUT2D eigenvalue weighted by molar-refractivity contribution is 0.0456. The van der Waals surface area contributed by atoms with Crippen LogP contribution in [0.2, 0.25) is 0 Å². The molecule has 1 aliphatic heterocycles. The Morgan fingerprint density at radius 3 is 2.63 bits per heavy atom. The van der Waals surface area contributed by atoms with E-state index in [0.29, 0.717) is 0 Å². The van der Waals surface area contributed by atoms with Crippen LogP contribution in [-0.2, 0) is 5.41 Å². The molecule has 3 rings (SSSR count). The van der Waals surface area contributed by atoms with Gasteiger partial charge in [-0.1, -0.05) is 58.7 Å². The van der Waals surface area contributed by atoms with Gasteiger partial charge in [0.25, 0.3) is 0 Å².